The summed E-state index contributed by atoms with van der Waals surface area (Å²) in [6, 6.07) is 5.30. The fourth-order valence-corrected chi connectivity index (χ4v) is 2.46. The lowest BCUT2D eigenvalue weighted by Crippen LogP contribution is -2.21. The van der Waals surface area contributed by atoms with Gasteiger partial charge in [0.1, 0.15) is 5.82 Å². The first-order chi connectivity index (χ1) is 7.75. The molecule has 0 atom stereocenters. The molecule has 2 heteroatoms. The van der Waals surface area contributed by atoms with Crippen molar-refractivity contribution >= 4 is 0 Å². The Morgan fingerprint density at radius 2 is 2.06 bits per heavy atom. The van der Waals surface area contributed by atoms with Crippen LogP contribution in [0, 0.1) is 18.7 Å². The van der Waals surface area contributed by atoms with Gasteiger partial charge < -0.3 is 5.32 Å². The van der Waals surface area contributed by atoms with Crippen LogP contribution < -0.4 is 5.32 Å². The van der Waals surface area contributed by atoms with Crippen molar-refractivity contribution in [1.82, 2.24) is 5.32 Å². The molecule has 2 rings (SSSR count). The minimum absolute atomic E-state index is 0.0930. The van der Waals surface area contributed by atoms with Crippen LogP contribution in [0.4, 0.5) is 4.39 Å². The maximum atomic E-state index is 13.4. The molecule has 1 aliphatic rings. The van der Waals surface area contributed by atoms with Crippen LogP contribution in [0.5, 0.6) is 0 Å². The molecule has 0 saturated heterocycles. The smallest absolute Gasteiger partial charge is 0.127 e. The van der Waals surface area contributed by atoms with Gasteiger partial charge in [-0.3, -0.25) is 0 Å². The van der Waals surface area contributed by atoms with Gasteiger partial charge in [0.05, 0.1) is 0 Å². The summed E-state index contributed by atoms with van der Waals surface area (Å²) in [5.74, 6) is 0.720. The Kier molecular flexibility index (Phi) is 3.94. The van der Waals surface area contributed by atoms with Gasteiger partial charge in [-0.25, -0.2) is 4.39 Å². The first-order valence-electron chi connectivity index (χ1n) is 6.21. The van der Waals surface area contributed by atoms with Crippen molar-refractivity contribution < 1.29 is 4.39 Å². The van der Waals surface area contributed by atoms with Crippen LogP contribution in [0.1, 0.15) is 36.8 Å². The number of halogens is 1. The van der Waals surface area contributed by atoms with Crippen molar-refractivity contribution in [3.8, 4) is 0 Å². The Hall–Kier alpha value is -0.890. The van der Waals surface area contributed by atoms with Crippen LogP contribution in [0.2, 0.25) is 0 Å². The molecule has 0 unspecified atom stereocenters. The molecule has 0 radical (unpaired) electrons. The molecular weight excluding hydrogens is 201 g/mol. The Balaban J connectivity index is 1.82. The molecule has 1 nitrogen and oxygen atoms in total. The first kappa shape index (κ1) is 11.6. The zero-order chi connectivity index (χ0) is 11.4. The average molecular weight is 221 g/mol. The van der Waals surface area contributed by atoms with Crippen molar-refractivity contribution in [1.29, 1.82) is 0 Å². The lowest BCUT2D eigenvalue weighted by molar-refractivity contribution is 0.483. The highest BCUT2D eigenvalue weighted by atomic mass is 19.1. The van der Waals surface area contributed by atoms with Crippen molar-refractivity contribution in [2.75, 3.05) is 6.54 Å². The van der Waals surface area contributed by atoms with Crippen LogP contribution >= 0.6 is 0 Å². The van der Waals surface area contributed by atoms with Gasteiger partial charge in [-0.05, 0) is 38.3 Å². The molecule has 88 valence electrons. The number of aryl methyl sites for hydroxylation is 1. The first-order valence-corrected chi connectivity index (χ1v) is 6.21. The summed E-state index contributed by atoms with van der Waals surface area (Å²) >= 11 is 0. The van der Waals surface area contributed by atoms with E-state index in [2.05, 4.69) is 5.32 Å². The van der Waals surface area contributed by atoms with E-state index in [0.717, 1.165) is 23.6 Å². The minimum atomic E-state index is -0.0930. The monoisotopic (exact) mass is 221 g/mol. The average Bonchev–Trinajstić information content (AvgIpc) is 2.76. The maximum absolute atomic E-state index is 13.4. The van der Waals surface area contributed by atoms with E-state index in [1.54, 1.807) is 6.07 Å². The summed E-state index contributed by atoms with van der Waals surface area (Å²) in [6.45, 7) is 3.69. The molecule has 0 spiro atoms. The Morgan fingerprint density at radius 1 is 1.31 bits per heavy atom. The van der Waals surface area contributed by atoms with E-state index in [9.17, 15) is 4.39 Å². The number of nitrogens with one attached hydrogen (secondary N) is 1. The van der Waals surface area contributed by atoms with Gasteiger partial charge in [0.2, 0.25) is 0 Å². The van der Waals surface area contributed by atoms with Crippen LogP contribution in [0.3, 0.4) is 0 Å². The largest absolute Gasteiger partial charge is 0.312 e. The summed E-state index contributed by atoms with van der Waals surface area (Å²) in [5.41, 5.74) is 1.91. The van der Waals surface area contributed by atoms with Crippen molar-refractivity contribution in [2.45, 2.75) is 39.2 Å². The lowest BCUT2D eigenvalue weighted by Gasteiger charge is -2.11. The number of hydrogen-bond donors (Lipinski definition) is 1. The van der Waals surface area contributed by atoms with E-state index in [0.29, 0.717) is 6.54 Å². The summed E-state index contributed by atoms with van der Waals surface area (Å²) in [7, 11) is 0. The molecule has 0 amide bonds. The van der Waals surface area contributed by atoms with Crippen molar-refractivity contribution in [3.63, 3.8) is 0 Å². The van der Waals surface area contributed by atoms with Crippen molar-refractivity contribution in [3.05, 3.63) is 35.1 Å². The quantitative estimate of drug-likeness (QED) is 0.821. The van der Waals surface area contributed by atoms with Crippen LogP contribution in [0.15, 0.2) is 18.2 Å². The zero-order valence-corrected chi connectivity index (χ0v) is 9.93. The second-order valence-corrected chi connectivity index (χ2v) is 4.88. The third kappa shape index (κ3) is 3.05. The Labute approximate surface area is 97.1 Å². The van der Waals surface area contributed by atoms with E-state index >= 15 is 0 Å². The topological polar surface area (TPSA) is 12.0 Å². The molecule has 1 aliphatic carbocycles. The van der Waals surface area contributed by atoms with Gasteiger partial charge >= 0.3 is 0 Å². The van der Waals surface area contributed by atoms with Crippen molar-refractivity contribution in [2.24, 2.45) is 5.92 Å². The van der Waals surface area contributed by atoms with Gasteiger partial charge in [-0.1, -0.05) is 30.5 Å². The Morgan fingerprint density at radius 3 is 2.81 bits per heavy atom. The van der Waals surface area contributed by atoms with Gasteiger partial charge in [0.15, 0.2) is 0 Å². The Bertz CT molecular complexity index is 343. The van der Waals surface area contributed by atoms with Gasteiger partial charge in [-0.15, -0.1) is 0 Å². The SMILES string of the molecule is Cc1ccc(F)c(CNCC2CCCC2)c1. The molecule has 1 aromatic carbocycles. The third-order valence-corrected chi connectivity index (χ3v) is 3.42. The summed E-state index contributed by atoms with van der Waals surface area (Å²) in [6.07, 6.45) is 5.41. The normalized spacial score (nSPS) is 16.9. The molecule has 0 bridgehead atoms. The molecular formula is C14H20FN. The van der Waals surface area contributed by atoms with Crippen LogP contribution in [-0.4, -0.2) is 6.54 Å². The molecule has 1 fully saturated rings. The summed E-state index contributed by atoms with van der Waals surface area (Å²) in [5, 5.41) is 3.37. The summed E-state index contributed by atoms with van der Waals surface area (Å²) in [4.78, 5) is 0. The van der Waals surface area contributed by atoms with Gasteiger partial charge in [0.25, 0.3) is 0 Å². The van der Waals surface area contributed by atoms with E-state index in [1.165, 1.54) is 25.7 Å². The molecule has 1 aromatic rings. The second kappa shape index (κ2) is 5.44. The van der Waals surface area contributed by atoms with Gasteiger partial charge in [0, 0.05) is 12.1 Å². The number of rotatable bonds is 4. The minimum Gasteiger partial charge on any atom is -0.312 e. The molecule has 1 saturated carbocycles. The highest BCUT2D eigenvalue weighted by Crippen LogP contribution is 2.23. The molecule has 0 heterocycles. The van der Waals surface area contributed by atoms with E-state index in [4.69, 9.17) is 0 Å². The predicted molar refractivity (Wildman–Crippen MR) is 64.8 cm³/mol. The van der Waals surface area contributed by atoms with Crippen LogP contribution in [0.25, 0.3) is 0 Å². The fraction of sp³-hybridized carbons (Fsp3) is 0.571. The molecule has 0 aromatic heterocycles. The van der Waals surface area contributed by atoms with E-state index < -0.39 is 0 Å². The van der Waals surface area contributed by atoms with Crippen LogP contribution in [-0.2, 0) is 6.54 Å². The number of benzene rings is 1. The predicted octanol–water partition coefficient (Wildman–Crippen LogP) is 3.41. The molecule has 16 heavy (non-hydrogen) atoms. The summed E-state index contributed by atoms with van der Waals surface area (Å²) < 4.78 is 13.4. The van der Waals surface area contributed by atoms with E-state index in [1.807, 2.05) is 19.1 Å². The lowest BCUT2D eigenvalue weighted by atomic mass is 10.1. The standard InChI is InChI=1S/C14H20FN/c1-11-6-7-14(15)13(8-11)10-16-9-12-4-2-3-5-12/h6-8,12,16H,2-5,9-10H2,1H3. The van der Waals surface area contributed by atoms with Gasteiger partial charge in [-0.2, -0.15) is 0 Å². The third-order valence-electron chi connectivity index (χ3n) is 3.42. The molecule has 1 N–H and O–H groups in total. The molecule has 0 aliphatic heterocycles. The maximum Gasteiger partial charge on any atom is 0.127 e. The fourth-order valence-electron chi connectivity index (χ4n) is 2.46. The number of hydrogen-bond acceptors (Lipinski definition) is 1. The second-order valence-electron chi connectivity index (χ2n) is 4.88. The van der Waals surface area contributed by atoms with E-state index in [-0.39, 0.29) is 5.82 Å². The highest BCUT2D eigenvalue weighted by Gasteiger charge is 2.14. The highest BCUT2D eigenvalue weighted by molar-refractivity contribution is 5.23. The zero-order valence-electron chi connectivity index (χ0n) is 9.93.